The molecule has 0 spiro atoms. The van der Waals surface area contributed by atoms with Gasteiger partial charge in [-0.1, -0.05) is 24.6 Å². The molecule has 1 amide bonds. The van der Waals surface area contributed by atoms with Crippen LogP contribution in [-0.4, -0.2) is 45.1 Å². The Morgan fingerprint density at radius 3 is 2.71 bits per heavy atom. The van der Waals surface area contributed by atoms with Crippen molar-refractivity contribution in [2.24, 2.45) is 5.92 Å². The zero-order valence-electron chi connectivity index (χ0n) is 19.0. The molecule has 2 unspecified atom stereocenters. The van der Waals surface area contributed by atoms with Crippen LogP contribution in [0.4, 0.5) is 19.0 Å². The molecule has 1 fully saturated rings. The van der Waals surface area contributed by atoms with Gasteiger partial charge >= 0.3 is 6.18 Å². The van der Waals surface area contributed by atoms with Crippen LogP contribution in [0.2, 0.25) is 0 Å². The maximum Gasteiger partial charge on any atom is 0.417 e. The quantitative estimate of drug-likeness (QED) is 0.555. The van der Waals surface area contributed by atoms with Crippen LogP contribution in [0.25, 0.3) is 11.3 Å². The van der Waals surface area contributed by atoms with Crippen LogP contribution in [0, 0.1) is 12.8 Å². The fourth-order valence-corrected chi connectivity index (χ4v) is 4.35. The van der Waals surface area contributed by atoms with E-state index in [-0.39, 0.29) is 17.9 Å². The number of piperidine rings is 1. The molecule has 1 saturated heterocycles. The number of halogens is 3. The number of pyridine rings is 1. The zero-order chi connectivity index (χ0) is 24.3. The summed E-state index contributed by atoms with van der Waals surface area (Å²) in [7, 11) is 0. The Labute approximate surface area is 196 Å². The molecule has 4 rings (SSSR count). The number of rotatable bonds is 5. The molecule has 2 aromatic heterocycles. The number of hydrogen-bond donors (Lipinski definition) is 1. The lowest BCUT2D eigenvalue weighted by Crippen LogP contribution is -2.51. The normalized spacial score (nSPS) is 18.6. The van der Waals surface area contributed by atoms with Crippen molar-refractivity contribution in [1.29, 1.82) is 0 Å². The Balaban J connectivity index is 1.57. The van der Waals surface area contributed by atoms with Crippen molar-refractivity contribution in [3.05, 3.63) is 71.5 Å². The van der Waals surface area contributed by atoms with E-state index in [2.05, 4.69) is 27.4 Å². The van der Waals surface area contributed by atoms with Crippen LogP contribution in [0.3, 0.4) is 0 Å². The topological polar surface area (TPSA) is 71.0 Å². The van der Waals surface area contributed by atoms with Crippen molar-refractivity contribution >= 4 is 11.7 Å². The molecule has 1 aliphatic heterocycles. The molecule has 1 aliphatic rings. The molecule has 178 valence electrons. The fourth-order valence-electron chi connectivity index (χ4n) is 4.35. The molecule has 0 radical (unpaired) electrons. The number of carbonyl (C=O) groups is 1. The molecule has 3 heterocycles. The van der Waals surface area contributed by atoms with E-state index in [1.807, 2.05) is 36.1 Å². The number of alkyl halides is 3. The van der Waals surface area contributed by atoms with E-state index < -0.39 is 11.7 Å². The Kier molecular flexibility index (Phi) is 6.81. The summed E-state index contributed by atoms with van der Waals surface area (Å²) in [6.45, 7) is 5.01. The fraction of sp³-hybridized carbons (Fsp3) is 0.360. The van der Waals surface area contributed by atoms with Crippen LogP contribution in [0.1, 0.15) is 41.3 Å². The Morgan fingerprint density at radius 1 is 1.21 bits per heavy atom. The molecule has 0 bridgehead atoms. The first-order chi connectivity index (χ1) is 16.2. The second-order valence-electron chi connectivity index (χ2n) is 8.65. The number of benzene rings is 1. The first-order valence-corrected chi connectivity index (χ1v) is 11.2. The standard InChI is InChI=1S/C25H26F3N5O/c1-16-7-9-19(21-6-3-11-31-32-21)20(13-16)24(34)33-12-4-5-17(2)22(33)15-30-23-10-8-18(14-29-23)25(26,27)28/h3,6-11,13-14,17,22H,4-5,12,15H2,1-2H3,(H,29,30). The Bertz CT molecular complexity index is 1140. The monoisotopic (exact) mass is 469 g/mol. The van der Waals surface area contributed by atoms with E-state index in [0.29, 0.717) is 30.2 Å². The summed E-state index contributed by atoms with van der Waals surface area (Å²) >= 11 is 0. The van der Waals surface area contributed by atoms with Crippen LogP contribution >= 0.6 is 0 Å². The van der Waals surface area contributed by atoms with Crippen LogP contribution in [-0.2, 0) is 6.18 Å². The number of aromatic nitrogens is 3. The van der Waals surface area contributed by atoms with E-state index in [4.69, 9.17) is 0 Å². The van der Waals surface area contributed by atoms with Gasteiger partial charge in [0, 0.05) is 36.6 Å². The highest BCUT2D eigenvalue weighted by atomic mass is 19.4. The zero-order valence-corrected chi connectivity index (χ0v) is 19.0. The van der Waals surface area contributed by atoms with Gasteiger partial charge in [-0.3, -0.25) is 4.79 Å². The van der Waals surface area contributed by atoms with E-state index in [0.717, 1.165) is 36.2 Å². The Hall–Kier alpha value is -3.49. The van der Waals surface area contributed by atoms with E-state index >= 15 is 0 Å². The number of amides is 1. The summed E-state index contributed by atoms with van der Waals surface area (Å²) in [5, 5.41) is 11.2. The summed E-state index contributed by atoms with van der Waals surface area (Å²) in [6, 6.07) is 11.5. The van der Waals surface area contributed by atoms with Crippen LogP contribution in [0.15, 0.2) is 54.9 Å². The number of carbonyl (C=O) groups excluding carboxylic acids is 1. The van der Waals surface area contributed by atoms with Crippen molar-refractivity contribution in [3.63, 3.8) is 0 Å². The third-order valence-corrected chi connectivity index (χ3v) is 6.21. The van der Waals surface area contributed by atoms with Crippen molar-refractivity contribution in [3.8, 4) is 11.3 Å². The lowest BCUT2D eigenvalue weighted by Gasteiger charge is -2.40. The number of hydrogen-bond acceptors (Lipinski definition) is 5. The smallest absolute Gasteiger partial charge is 0.368 e. The highest BCUT2D eigenvalue weighted by molar-refractivity contribution is 6.01. The number of nitrogens with one attached hydrogen (secondary N) is 1. The van der Waals surface area contributed by atoms with Crippen LogP contribution < -0.4 is 5.32 Å². The molecule has 2 atom stereocenters. The first-order valence-electron chi connectivity index (χ1n) is 11.2. The third kappa shape index (κ3) is 5.18. The van der Waals surface area contributed by atoms with Crippen molar-refractivity contribution < 1.29 is 18.0 Å². The number of likely N-dealkylation sites (tertiary alicyclic amines) is 1. The number of anilines is 1. The summed E-state index contributed by atoms with van der Waals surface area (Å²) in [5.74, 6) is 0.460. The minimum absolute atomic E-state index is 0.0944. The number of aryl methyl sites for hydroxylation is 1. The molecule has 9 heteroatoms. The molecule has 1 aromatic carbocycles. The van der Waals surface area contributed by atoms with Crippen molar-refractivity contribution in [2.45, 2.75) is 38.9 Å². The molecule has 0 aliphatic carbocycles. The van der Waals surface area contributed by atoms with Crippen molar-refractivity contribution in [2.75, 3.05) is 18.4 Å². The predicted octanol–water partition coefficient (Wildman–Crippen LogP) is 5.22. The van der Waals surface area contributed by atoms with Gasteiger partial charge in [-0.2, -0.15) is 23.4 Å². The van der Waals surface area contributed by atoms with Crippen molar-refractivity contribution in [1.82, 2.24) is 20.1 Å². The van der Waals surface area contributed by atoms with Gasteiger partial charge in [0.1, 0.15) is 5.82 Å². The maximum atomic E-state index is 13.8. The average Bonchev–Trinajstić information content (AvgIpc) is 2.83. The van der Waals surface area contributed by atoms with E-state index in [1.165, 1.54) is 6.07 Å². The second kappa shape index (κ2) is 9.79. The lowest BCUT2D eigenvalue weighted by molar-refractivity contribution is -0.137. The van der Waals surface area contributed by atoms with E-state index in [9.17, 15) is 18.0 Å². The van der Waals surface area contributed by atoms with Gasteiger partial charge in [-0.25, -0.2) is 4.98 Å². The third-order valence-electron chi connectivity index (χ3n) is 6.21. The molecule has 3 aromatic rings. The van der Waals surface area contributed by atoms with Gasteiger partial charge in [-0.05, 0) is 56.0 Å². The average molecular weight is 470 g/mol. The first kappa shape index (κ1) is 23.7. The molecule has 34 heavy (non-hydrogen) atoms. The highest BCUT2D eigenvalue weighted by Crippen LogP contribution is 2.31. The second-order valence-corrected chi connectivity index (χ2v) is 8.65. The maximum absolute atomic E-state index is 13.8. The SMILES string of the molecule is Cc1ccc(-c2cccnn2)c(C(=O)N2CCCC(C)C2CNc2ccc(C(F)(F)F)cn2)c1. The van der Waals surface area contributed by atoms with E-state index in [1.54, 1.807) is 12.3 Å². The summed E-state index contributed by atoms with van der Waals surface area (Å²) in [4.78, 5) is 19.5. The van der Waals surface area contributed by atoms with Gasteiger partial charge in [0.05, 0.1) is 17.3 Å². The minimum atomic E-state index is -4.43. The number of nitrogens with zero attached hydrogens (tertiary/aromatic N) is 4. The summed E-state index contributed by atoms with van der Waals surface area (Å²) in [5.41, 5.74) is 2.08. The van der Waals surface area contributed by atoms with Crippen LogP contribution in [0.5, 0.6) is 0 Å². The Morgan fingerprint density at radius 2 is 2.03 bits per heavy atom. The minimum Gasteiger partial charge on any atom is -0.368 e. The molecular weight excluding hydrogens is 443 g/mol. The van der Waals surface area contributed by atoms with Gasteiger partial charge in [0.2, 0.25) is 0 Å². The summed E-state index contributed by atoms with van der Waals surface area (Å²) in [6.07, 6.45) is -0.186. The molecule has 1 N–H and O–H groups in total. The van der Waals surface area contributed by atoms with Gasteiger partial charge in [0.25, 0.3) is 5.91 Å². The van der Waals surface area contributed by atoms with Gasteiger partial charge in [-0.15, -0.1) is 0 Å². The van der Waals surface area contributed by atoms with Gasteiger partial charge < -0.3 is 10.2 Å². The molecular formula is C25H26F3N5O. The molecule has 0 saturated carbocycles. The highest BCUT2D eigenvalue weighted by Gasteiger charge is 2.34. The largest absolute Gasteiger partial charge is 0.417 e. The predicted molar refractivity (Wildman–Crippen MR) is 123 cm³/mol. The lowest BCUT2D eigenvalue weighted by atomic mass is 9.89. The molecule has 6 nitrogen and oxygen atoms in total. The summed E-state index contributed by atoms with van der Waals surface area (Å²) < 4.78 is 38.5. The van der Waals surface area contributed by atoms with Gasteiger partial charge in [0.15, 0.2) is 0 Å².